The highest BCUT2D eigenvalue weighted by molar-refractivity contribution is 5.60. The van der Waals surface area contributed by atoms with Crippen molar-refractivity contribution < 1.29 is 4.39 Å². The summed E-state index contributed by atoms with van der Waals surface area (Å²) < 4.78 is 13.9. The zero-order chi connectivity index (χ0) is 15.6. The molecule has 2 rings (SSSR count). The van der Waals surface area contributed by atoms with Gasteiger partial charge in [-0.25, -0.2) is 14.4 Å². The van der Waals surface area contributed by atoms with Crippen LogP contribution in [-0.4, -0.2) is 17.0 Å². The lowest BCUT2D eigenvalue weighted by molar-refractivity contribution is 0.547. The molecule has 0 radical (unpaired) electrons. The van der Waals surface area contributed by atoms with E-state index in [0.29, 0.717) is 23.1 Å². The Morgan fingerprint density at radius 1 is 1.05 bits per heavy atom. The molecule has 1 aromatic heterocycles. The molecule has 0 amide bonds. The summed E-state index contributed by atoms with van der Waals surface area (Å²) >= 11 is 0. The third-order valence-electron chi connectivity index (χ3n) is 3.04. The first kappa shape index (κ1) is 15.2. The van der Waals surface area contributed by atoms with Crippen molar-refractivity contribution in [1.82, 2.24) is 9.97 Å². The molecular weight excluding hydrogens is 267 g/mol. The van der Waals surface area contributed by atoms with E-state index in [0.717, 1.165) is 5.56 Å². The molecule has 5 heteroatoms. The zero-order valence-corrected chi connectivity index (χ0v) is 13.1. The van der Waals surface area contributed by atoms with Crippen molar-refractivity contribution >= 4 is 17.3 Å². The van der Waals surface area contributed by atoms with Crippen molar-refractivity contribution in [1.29, 1.82) is 0 Å². The van der Waals surface area contributed by atoms with E-state index >= 15 is 0 Å². The minimum absolute atomic E-state index is 0.186. The second-order valence-corrected chi connectivity index (χ2v) is 6.07. The van der Waals surface area contributed by atoms with Crippen LogP contribution in [0.2, 0.25) is 0 Å². The largest absolute Gasteiger partial charge is 0.373 e. The van der Waals surface area contributed by atoms with E-state index in [1.807, 2.05) is 27.7 Å². The summed E-state index contributed by atoms with van der Waals surface area (Å²) in [6.45, 7) is 8.04. The highest BCUT2D eigenvalue weighted by Crippen LogP contribution is 2.25. The Balaban J connectivity index is 2.42. The van der Waals surface area contributed by atoms with Crippen LogP contribution < -0.4 is 10.6 Å². The molecule has 112 valence electrons. The molecule has 2 aromatic rings. The number of hydrogen-bond acceptors (Lipinski definition) is 4. The van der Waals surface area contributed by atoms with Crippen LogP contribution in [0.4, 0.5) is 21.7 Å². The third kappa shape index (κ3) is 3.68. The maximum Gasteiger partial charge on any atom is 0.146 e. The Bertz CT molecular complexity index is 647. The van der Waals surface area contributed by atoms with E-state index < -0.39 is 0 Å². The van der Waals surface area contributed by atoms with Gasteiger partial charge in [0.05, 0.1) is 5.69 Å². The topological polar surface area (TPSA) is 49.8 Å². The van der Waals surface area contributed by atoms with Gasteiger partial charge >= 0.3 is 0 Å². The molecule has 0 spiro atoms. The molecule has 4 nitrogen and oxygen atoms in total. The van der Waals surface area contributed by atoms with E-state index in [4.69, 9.17) is 0 Å². The minimum Gasteiger partial charge on any atom is -0.373 e. The maximum atomic E-state index is 13.9. The van der Waals surface area contributed by atoms with Gasteiger partial charge in [0.25, 0.3) is 0 Å². The third-order valence-corrected chi connectivity index (χ3v) is 3.04. The number of aryl methyl sites for hydroxylation is 1. The van der Waals surface area contributed by atoms with Crippen LogP contribution in [0.5, 0.6) is 0 Å². The van der Waals surface area contributed by atoms with E-state index in [1.165, 1.54) is 6.07 Å². The quantitative estimate of drug-likeness (QED) is 0.896. The number of nitrogens with one attached hydrogen (secondary N) is 2. The Morgan fingerprint density at radius 3 is 2.33 bits per heavy atom. The molecule has 21 heavy (non-hydrogen) atoms. The average molecular weight is 288 g/mol. The van der Waals surface area contributed by atoms with Crippen LogP contribution in [-0.2, 0) is 5.41 Å². The molecule has 0 bridgehead atoms. The molecule has 0 aliphatic rings. The molecular formula is C16H21FN4. The van der Waals surface area contributed by atoms with Gasteiger partial charge in [-0.3, -0.25) is 0 Å². The van der Waals surface area contributed by atoms with Crippen molar-refractivity contribution in [2.24, 2.45) is 0 Å². The van der Waals surface area contributed by atoms with Crippen molar-refractivity contribution in [3.8, 4) is 0 Å². The van der Waals surface area contributed by atoms with Gasteiger partial charge in [-0.1, -0.05) is 26.8 Å². The summed E-state index contributed by atoms with van der Waals surface area (Å²) in [7, 11) is 1.80. The molecule has 0 atom stereocenters. The molecule has 0 aliphatic heterocycles. The zero-order valence-electron chi connectivity index (χ0n) is 13.1. The van der Waals surface area contributed by atoms with E-state index in [-0.39, 0.29) is 11.2 Å². The first-order valence-corrected chi connectivity index (χ1v) is 6.90. The number of hydrogen-bond donors (Lipinski definition) is 2. The standard InChI is InChI=1S/C16H21FN4/c1-10-6-7-11(17)12(8-10)19-14-9-13(18-5)20-15(21-14)16(2,3)4/h6-9H,1-5H3,(H2,18,19,20,21). The maximum absolute atomic E-state index is 13.9. The molecule has 0 saturated heterocycles. The van der Waals surface area contributed by atoms with Crippen LogP contribution in [0.3, 0.4) is 0 Å². The Kier molecular flexibility index (Phi) is 4.11. The van der Waals surface area contributed by atoms with Crippen LogP contribution in [0, 0.1) is 12.7 Å². The predicted octanol–water partition coefficient (Wildman–Crippen LogP) is 4.01. The van der Waals surface area contributed by atoms with Crippen LogP contribution in [0.1, 0.15) is 32.2 Å². The Labute approximate surface area is 124 Å². The summed E-state index contributed by atoms with van der Waals surface area (Å²) in [6, 6.07) is 6.70. The van der Waals surface area contributed by atoms with E-state index in [1.54, 1.807) is 25.2 Å². The molecule has 2 N–H and O–H groups in total. The van der Waals surface area contributed by atoms with Gasteiger partial charge in [0.1, 0.15) is 23.3 Å². The van der Waals surface area contributed by atoms with Crippen LogP contribution in [0.15, 0.2) is 24.3 Å². The summed E-state index contributed by atoms with van der Waals surface area (Å²) in [6.07, 6.45) is 0. The number of anilines is 3. The molecule has 0 unspecified atom stereocenters. The fourth-order valence-electron chi connectivity index (χ4n) is 1.85. The van der Waals surface area contributed by atoms with E-state index in [2.05, 4.69) is 20.6 Å². The van der Waals surface area contributed by atoms with Gasteiger partial charge in [-0.05, 0) is 24.6 Å². The summed E-state index contributed by atoms with van der Waals surface area (Å²) in [4.78, 5) is 8.94. The highest BCUT2D eigenvalue weighted by Gasteiger charge is 2.19. The summed E-state index contributed by atoms with van der Waals surface area (Å²) in [5.41, 5.74) is 1.21. The summed E-state index contributed by atoms with van der Waals surface area (Å²) in [5, 5.41) is 6.04. The van der Waals surface area contributed by atoms with Crippen LogP contribution in [0.25, 0.3) is 0 Å². The monoisotopic (exact) mass is 288 g/mol. The number of nitrogens with zero attached hydrogens (tertiary/aromatic N) is 2. The SMILES string of the molecule is CNc1cc(Nc2cc(C)ccc2F)nc(C(C)(C)C)n1. The summed E-state index contributed by atoms with van der Waals surface area (Å²) in [5.74, 6) is 1.67. The van der Waals surface area contributed by atoms with Crippen LogP contribution >= 0.6 is 0 Å². The van der Waals surface area contributed by atoms with Gasteiger partial charge in [0.2, 0.25) is 0 Å². The molecule has 1 aromatic carbocycles. The highest BCUT2D eigenvalue weighted by atomic mass is 19.1. The molecule has 1 heterocycles. The lowest BCUT2D eigenvalue weighted by Gasteiger charge is -2.19. The number of benzene rings is 1. The fourth-order valence-corrected chi connectivity index (χ4v) is 1.85. The van der Waals surface area contributed by atoms with Crippen molar-refractivity contribution in [3.63, 3.8) is 0 Å². The van der Waals surface area contributed by atoms with Gasteiger partial charge in [-0.15, -0.1) is 0 Å². The second kappa shape index (κ2) is 5.68. The number of aromatic nitrogens is 2. The lowest BCUT2D eigenvalue weighted by Crippen LogP contribution is -2.17. The Hall–Kier alpha value is -2.17. The molecule has 0 saturated carbocycles. The average Bonchev–Trinajstić information content (AvgIpc) is 2.41. The molecule has 0 aliphatic carbocycles. The van der Waals surface area contributed by atoms with Crippen molar-refractivity contribution in [3.05, 3.63) is 41.5 Å². The van der Waals surface area contributed by atoms with Gasteiger partial charge < -0.3 is 10.6 Å². The number of halogens is 1. The second-order valence-electron chi connectivity index (χ2n) is 6.07. The van der Waals surface area contributed by atoms with E-state index in [9.17, 15) is 4.39 Å². The lowest BCUT2D eigenvalue weighted by atomic mass is 9.96. The Morgan fingerprint density at radius 2 is 1.71 bits per heavy atom. The number of rotatable bonds is 3. The van der Waals surface area contributed by atoms with Crippen molar-refractivity contribution in [2.75, 3.05) is 17.7 Å². The van der Waals surface area contributed by atoms with Gasteiger partial charge in [0.15, 0.2) is 0 Å². The first-order valence-electron chi connectivity index (χ1n) is 6.90. The normalized spacial score (nSPS) is 11.3. The van der Waals surface area contributed by atoms with Gasteiger partial charge in [-0.2, -0.15) is 0 Å². The predicted molar refractivity (Wildman–Crippen MR) is 84.7 cm³/mol. The van der Waals surface area contributed by atoms with Gasteiger partial charge in [0, 0.05) is 18.5 Å². The minimum atomic E-state index is -0.303. The van der Waals surface area contributed by atoms with Crippen molar-refractivity contribution in [2.45, 2.75) is 33.1 Å². The molecule has 0 fully saturated rings. The smallest absolute Gasteiger partial charge is 0.146 e. The fraction of sp³-hybridized carbons (Fsp3) is 0.375. The first-order chi connectivity index (χ1) is 9.79.